The van der Waals surface area contributed by atoms with Gasteiger partial charge in [-0.25, -0.2) is 4.98 Å². The summed E-state index contributed by atoms with van der Waals surface area (Å²) in [5.74, 6) is -0.499. The van der Waals surface area contributed by atoms with Crippen LogP contribution in [0.3, 0.4) is 0 Å². The molecule has 1 saturated carbocycles. The lowest BCUT2D eigenvalue weighted by Crippen LogP contribution is -2.28. The number of hydrogen-bond acceptors (Lipinski definition) is 4. The number of carboxylic acid groups (broad SMARTS) is 1. The van der Waals surface area contributed by atoms with Crippen LogP contribution in [0.2, 0.25) is 5.28 Å². The molecule has 0 aromatic carbocycles. The van der Waals surface area contributed by atoms with Crippen LogP contribution < -0.4 is 4.74 Å². The maximum absolute atomic E-state index is 10.8. The van der Waals surface area contributed by atoms with Crippen LogP contribution in [0, 0.1) is 5.92 Å². The molecule has 1 aromatic heterocycles. The molecule has 92 valence electrons. The third-order valence-electron chi connectivity index (χ3n) is 2.91. The zero-order valence-electron chi connectivity index (χ0n) is 9.17. The third-order valence-corrected chi connectivity index (χ3v) is 3.09. The summed E-state index contributed by atoms with van der Waals surface area (Å²) in [7, 11) is 0. The van der Waals surface area contributed by atoms with Crippen molar-refractivity contribution >= 4 is 17.6 Å². The Morgan fingerprint density at radius 1 is 1.41 bits per heavy atom. The standard InChI is InChI=1S/C11H13ClN2O3/c12-11-13-6-5-9(14-11)17-8-3-1-7(2-4-8)10(15)16/h5-8H,1-4H2,(H,15,16). The van der Waals surface area contributed by atoms with E-state index >= 15 is 0 Å². The number of carbonyl (C=O) groups is 1. The summed E-state index contributed by atoms with van der Waals surface area (Å²) in [5.41, 5.74) is 0. The highest BCUT2D eigenvalue weighted by atomic mass is 35.5. The first-order valence-corrected chi connectivity index (χ1v) is 5.91. The molecule has 17 heavy (non-hydrogen) atoms. The number of halogens is 1. The van der Waals surface area contributed by atoms with E-state index in [9.17, 15) is 4.79 Å². The Morgan fingerprint density at radius 3 is 2.71 bits per heavy atom. The molecule has 1 aliphatic rings. The highest BCUT2D eigenvalue weighted by Gasteiger charge is 2.27. The van der Waals surface area contributed by atoms with Gasteiger partial charge in [0, 0.05) is 12.3 Å². The third kappa shape index (κ3) is 3.30. The van der Waals surface area contributed by atoms with E-state index in [1.54, 1.807) is 6.07 Å². The summed E-state index contributed by atoms with van der Waals surface area (Å²) in [5, 5.41) is 9.03. The van der Waals surface area contributed by atoms with E-state index in [0.717, 1.165) is 12.8 Å². The van der Waals surface area contributed by atoms with E-state index < -0.39 is 5.97 Å². The van der Waals surface area contributed by atoms with Crippen molar-refractivity contribution in [3.05, 3.63) is 17.5 Å². The number of aliphatic carboxylic acids is 1. The van der Waals surface area contributed by atoms with Crippen molar-refractivity contribution in [3.8, 4) is 5.88 Å². The van der Waals surface area contributed by atoms with Crippen LogP contribution in [0.4, 0.5) is 0 Å². The molecule has 1 N–H and O–H groups in total. The van der Waals surface area contributed by atoms with E-state index in [0.29, 0.717) is 18.7 Å². The van der Waals surface area contributed by atoms with Crippen molar-refractivity contribution in [3.63, 3.8) is 0 Å². The van der Waals surface area contributed by atoms with Crippen LogP contribution in [-0.4, -0.2) is 27.1 Å². The quantitative estimate of drug-likeness (QED) is 0.839. The van der Waals surface area contributed by atoms with Crippen LogP contribution in [0.25, 0.3) is 0 Å². The van der Waals surface area contributed by atoms with Crippen LogP contribution in [-0.2, 0) is 4.79 Å². The van der Waals surface area contributed by atoms with Crippen molar-refractivity contribution in [1.82, 2.24) is 9.97 Å². The minimum Gasteiger partial charge on any atom is -0.481 e. The van der Waals surface area contributed by atoms with E-state index in [-0.39, 0.29) is 17.3 Å². The first-order chi connectivity index (χ1) is 8.15. The Balaban J connectivity index is 1.88. The van der Waals surface area contributed by atoms with E-state index in [1.807, 2.05) is 0 Å². The van der Waals surface area contributed by atoms with Crippen molar-refractivity contribution in [2.45, 2.75) is 31.8 Å². The molecule has 1 aromatic rings. The summed E-state index contributed by atoms with van der Waals surface area (Å²) < 4.78 is 5.64. The smallest absolute Gasteiger partial charge is 0.306 e. The molecule has 0 amide bonds. The summed E-state index contributed by atoms with van der Waals surface area (Å²) in [6.45, 7) is 0. The van der Waals surface area contributed by atoms with Gasteiger partial charge in [0.15, 0.2) is 0 Å². The fourth-order valence-electron chi connectivity index (χ4n) is 1.98. The van der Waals surface area contributed by atoms with E-state index in [4.69, 9.17) is 21.4 Å². The molecule has 0 spiro atoms. The summed E-state index contributed by atoms with van der Waals surface area (Å²) in [4.78, 5) is 18.5. The first kappa shape index (κ1) is 12.1. The molecule has 0 unspecified atom stereocenters. The number of nitrogens with zero attached hydrogens (tertiary/aromatic N) is 2. The highest BCUT2D eigenvalue weighted by molar-refractivity contribution is 6.28. The van der Waals surface area contributed by atoms with Gasteiger partial charge < -0.3 is 9.84 Å². The van der Waals surface area contributed by atoms with Gasteiger partial charge in [-0.2, -0.15) is 4.98 Å². The van der Waals surface area contributed by atoms with Crippen molar-refractivity contribution in [2.75, 3.05) is 0 Å². The molecule has 0 bridgehead atoms. The number of aromatic nitrogens is 2. The monoisotopic (exact) mass is 256 g/mol. The second-order valence-corrected chi connectivity index (χ2v) is 4.43. The summed E-state index contributed by atoms with van der Waals surface area (Å²) in [6, 6.07) is 1.65. The van der Waals surface area contributed by atoms with Gasteiger partial charge in [0.25, 0.3) is 0 Å². The molecule has 0 radical (unpaired) electrons. The molecule has 0 atom stereocenters. The predicted octanol–water partition coefficient (Wildman–Crippen LogP) is 2.15. The van der Waals surface area contributed by atoms with Crippen LogP contribution >= 0.6 is 11.6 Å². The van der Waals surface area contributed by atoms with Gasteiger partial charge in [0.1, 0.15) is 6.10 Å². The molecule has 0 saturated heterocycles. The lowest BCUT2D eigenvalue weighted by Gasteiger charge is -2.26. The molecule has 2 rings (SSSR count). The molecule has 0 aliphatic heterocycles. The van der Waals surface area contributed by atoms with Crippen molar-refractivity contribution < 1.29 is 14.6 Å². The average molecular weight is 257 g/mol. The van der Waals surface area contributed by atoms with Gasteiger partial charge in [-0.15, -0.1) is 0 Å². The van der Waals surface area contributed by atoms with Crippen molar-refractivity contribution in [2.24, 2.45) is 5.92 Å². The Morgan fingerprint density at radius 2 is 2.12 bits per heavy atom. The van der Waals surface area contributed by atoms with Gasteiger partial charge in [0.05, 0.1) is 5.92 Å². The normalized spacial score (nSPS) is 24.3. The Kier molecular flexibility index (Phi) is 3.78. The lowest BCUT2D eigenvalue weighted by atomic mass is 9.87. The number of ether oxygens (including phenoxy) is 1. The minimum atomic E-state index is -0.714. The molecule has 1 fully saturated rings. The van der Waals surface area contributed by atoms with Crippen molar-refractivity contribution in [1.29, 1.82) is 0 Å². The van der Waals surface area contributed by atoms with Gasteiger partial charge in [0.2, 0.25) is 11.2 Å². The number of rotatable bonds is 3. The number of hydrogen-bond donors (Lipinski definition) is 1. The average Bonchev–Trinajstić information content (AvgIpc) is 2.29. The van der Waals surface area contributed by atoms with Gasteiger partial charge in [-0.1, -0.05) is 0 Å². The molecule has 1 heterocycles. The lowest BCUT2D eigenvalue weighted by molar-refractivity contribution is -0.143. The second kappa shape index (κ2) is 5.31. The Labute approximate surface area is 104 Å². The number of carboxylic acids is 1. The fraction of sp³-hybridized carbons (Fsp3) is 0.545. The van der Waals surface area contributed by atoms with Crippen LogP contribution in [0.15, 0.2) is 12.3 Å². The Bertz CT molecular complexity index is 405. The minimum absolute atomic E-state index is 0.0246. The first-order valence-electron chi connectivity index (χ1n) is 5.53. The molecule has 6 heteroatoms. The molecule has 1 aliphatic carbocycles. The predicted molar refractivity (Wildman–Crippen MR) is 61.1 cm³/mol. The van der Waals surface area contributed by atoms with Gasteiger partial charge >= 0.3 is 5.97 Å². The zero-order chi connectivity index (χ0) is 12.3. The Hall–Kier alpha value is -1.36. The van der Waals surface area contributed by atoms with E-state index in [1.165, 1.54) is 6.20 Å². The van der Waals surface area contributed by atoms with E-state index in [2.05, 4.69) is 9.97 Å². The maximum Gasteiger partial charge on any atom is 0.306 e. The van der Waals surface area contributed by atoms with Gasteiger partial charge in [-0.05, 0) is 37.3 Å². The van der Waals surface area contributed by atoms with Crippen LogP contribution in [0.1, 0.15) is 25.7 Å². The summed E-state index contributed by atoms with van der Waals surface area (Å²) >= 11 is 5.65. The van der Waals surface area contributed by atoms with Gasteiger partial charge in [-0.3, -0.25) is 4.79 Å². The molecular formula is C11H13ClN2O3. The zero-order valence-corrected chi connectivity index (χ0v) is 9.93. The highest BCUT2D eigenvalue weighted by Crippen LogP contribution is 2.27. The second-order valence-electron chi connectivity index (χ2n) is 4.09. The molecule has 5 nitrogen and oxygen atoms in total. The SMILES string of the molecule is O=C(O)C1CCC(Oc2ccnc(Cl)n2)CC1. The maximum atomic E-state index is 10.8. The largest absolute Gasteiger partial charge is 0.481 e. The fourth-order valence-corrected chi connectivity index (χ4v) is 2.12. The molecular weight excluding hydrogens is 244 g/mol. The topological polar surface area (TPSA) is 72.3 Å². The van der Waals surface area contributed by atoms with Crippen LogP contribution in [0.5, 0.6) is 5.88 Å². The summed E-state index contributed by atoms with van der Waals surface area (Å²) in [6.07, 6.45) is 4.33.